The van der Waals surface area contributed by atoms with Crippen LogP contribution in [0.5, 0.6) is 0 Å². The molecule has 1 atom stereocenters. The Morgan fingerprint density at radius 1 is 1.19 bits per heavy atom. The lowest BCUT2D eigenvalue weighted by Gasteiger charge is -2.25. The highest BCUT2D eigenvalue weighted by atomic mass is 32.2. The van der Waals surface area contributed by atoms with E-state index in [-0.39, 0.29) is 11.4 Å². The zero-order valence-electron chi connectivity index (χ0n) is 14.2. The summed E-state index contributed by atoms with van der Waals surface area (Å²) in [6.07, 6.45) is -3.56. The Morgan fingerprint density at radius 3 is 2.54 bits per heavy atom. The van der Waals surface area contributed by atoms with E-state index in [1.54, 1.807) is 16.7 Å². The first kappa shape index (κ1) is 18.6. The van der Waals surface area contributed by atoms with Crippen LogP contribution >= 0.6 is 11.8 Å². The summed E-state index contributed by atoms with van der Waals surface area (Å²) in [6, 6.07) is 12.4. The van der Waals surface area contributed by atoms with Crippen LogP contribution < -0.4 is 5.32 Å². The van der Waals surface area contributed by atoms with E-state index in [1.165, 1.54) is 12.1 Å². The Labute approximate surface area is 154 Å². The molecule has 1 saturated heterocycles. The number of hydrogen-bond acceptors (Lipinski definition) is 2. The molecule has 0 aromatic heterocycles. The minimum atomic E-state index is -4.36. The summed E-state index contributed by atoms with van der Waals surface area (Å²) < 4.78 is 38.2. The summed E-state index contributed by atoms with van der Waals surface area (Å²) in [4.78, 5) is 14.4. The third-order valence-electron chi connectivity index (χ3n) is 4.31. The van der Waals surface area contributed by atoms with Crippen LogP contribution in [0, 0.1) is 0 Å². The number of nitrogens with one attached hydrogen (secondary N) is 1. The third kappa shape index (κ3) is 3.98. The molecule has 138 valence electrons. The Balaban J connectivity index is 1.76. The van der Waals surface area contributed by atoms with E-state index in [1.807, 2.05) is 31.2 Å². The van der Waals surface area contributed by atoms with Gasteiger partial charge in [0.05, 0.1) is 5.56 Å². The number of benzene rings is 2. The summed E-state index contributed by atoms with van der Waals surface area (Å²) in [7, 11) is 0. The van der Waals surface area contributed by atoms with Crippen molar-refractivity contribution in [2.75, 3.05) is 17.6 Å². The monoisotopic (exact) mass is 380 g/mol. The summed E-state index contributed by atoms with van der Waals surface area (Å²) in [5.74, 6) is 0.745. The quantitative estimate of drug-likeness (QED) is 0.757. The Morgan fingerprint density at radius 2 is 1.88 bits per heavy atom. The molecule has 2 amide bonds. The van der Waals surface area contributed by atoms with Gasteiger partial charge in [-0.05, 0) is 35.7 Å². The van der Waals surface area contributed by atoms with Gasteiger partial charge in [0.15, 0.2) is 0 Å². The van der Waals surface area contributed by atoms with Crippen LogP contribution in [0.25, 0.3) is 0 Å². The number of carbonyl (C=O) groups is 1. The molecule has 1 N–H and O–H groups in total. The molecule has 1 aliphatic heterocycles. The number of carbonyl (C=O) groups excluding carboxylic acids is 1. The molecule has 26 heavy (non-hydrogen) atoms. The van der Waals surface area contributed by atoms with Crippen molar-refractivity contribution in [1.82, 2.24) is 4.90 Å². The van der Waals surface area contributed by atoms with Crippen LogP contribution in [0.4, 0.5) is 23.7 Å². The molecule has 1 fully saturated rings. The molecule has 0 spiro atoms. The van der Waals surface area contributed by atoms with E-state index in [0.717, 1.165) is 35.6 Å². The average Bonchev–Trinajstić information content (AvgIpc) is 3.11. The van der Waals surface area contributed by atoms with Gasteiger partial charge in [0.1, 0.15) is 5.37 Å². The van der Waals surface area contributed by atoms with Crippen molar-refractivity contribution in [3.63, 3.8) is 0 Å². The van der Waals surface area contributed by atoms with Gasteiger partial charge in [0.25, 0.3) is 0 Å². The van der Waals surface area contributed by atoms with Crippen molar-refractivity contribution < 1.29 is 18.0 Å². The first-order valence-electron chi connectivity index (χ1n) is 8.34. The maximum atomic E-state index is 12.7. The second-order valence-electron chi connectivity index (χ2n) is 5.98. The molecule has 2 aromatic carbocycles. The van der Waals surface area contributed by atoms with Gasteiger partial charge in [-0.15, -0.1) is 11.8 Å². The molecule has 1 heterocycles. The molecule has 0 aliphatic carbocycles. The van der Waals surface area contributed by atoms with Crippen molar-refractivity contribution >= 4 is 23.5 Å². The van der Waals surface area contributed by atoms with Crippen molar-refractivity contribution in [3.8, 4) is 0 Å². The maximum Gasteiger partial charge on any atom is 0.416 e. The predicted molar refractivity (Wildman–Crippen MR) is 98.2 cm³/mol. The average molecular weight is 380 g/mol. The van der Waals surface area contributed by atoms with E-state index in [4.69, 9.17) is 0 Å². The summed E-state index contributed by atoms with van der Waals surface area (Å²) in [5.41, 5.74) is 1.82. The molecule has 0 unspecified atom stereocenters. The zero-order chi connectivity index (χ0) is 18.7. The molecule has 0 saturated carbocycles. The number of anilines is 1. The Hall–Kier alpha value is -2.15. The minimum absolute atomic E-state index is 0.235. The number of urea groups is 1. The number of hydrogen-bond donors (Lipinski definition) is 1. The molecular weight excluding hydrogens is 361 g/mol. The molecule has 7 heteroatoms. The third-order valence-corrected chi connectivity index (χ3v) is 5.58. The molecule has 3 rings (SSSR count). The minimum Gasteiger partial charge on any atom is -0.308 e. The van der Waals surface area contributed by atoms with E-state index >= 15 is 0 Å². The summed E-state index contributed by atoms with van der Waals surface area (Å²) in [5, 5.41) is 2.65. The van der Waals surface area contributed by atoms with Gasteiger partial charge in [-0.3, -0.25) is 0 Å². The van der Waals surface area contributed by atoms with Crippen molar-refractivity contribution in [1.29, 1.82) is 0 Å². The maximum absolute atomic E-state index is 12.7. The fraction of sp³-hybridized carbons (Fsp3) is 0.316. The normalized spacial score (nSPS) is 17.4. The van der Waals surface area contributed by atoms with Gasteiger partial charge in [-0.25, -0.2) is 4.79 Å². The van der Waals surface area contributed by atoms with Crippen LogP contribution in [0.15, 0.2) is 48.5 Å². The first-order valence-corrected chi connectivity index (χ1v) is 9.39. The topological polar surface area (TPSA) is 32.3 Å². The Kier molecular flexibility index (Phi) is 5.46. The van der Waals surface area contributed by atoms with Gasteiger partial charge in [0, 0.05) is 18.0 Å². The highest BCUT2D eigenvalue weighted by Gasteiger charge is 2.33. The molecule has 0 radical (unpaired) electrons. The van der Waals surface area contributed by atoms with E-state index in [0.29, 0.717) is 12.1 Å². The summed E-state index contributed by atoms with van der Waals surface area (Å²) in [6.45, 7) is 2.57. The smallest absolute Gasteiger partial charge is 0.308 e. The van der Waals surface area contributed by atoms with Gasteiger partial charge in [-0.1, -0.05) is 37.3 Å². The number of nitrogens with zero attached hydrogens (tertiary/aromatic N) is 1. The molecule has 3 nitrogen and oxygen atoms in total. The molecular formula is C19H19F3N2OS. The lowest BCUT2D eigenvalue weighted by Crippen LogP contribution is -2.34. The van der Waals surface area contributed by atoms with E-state index in [2.05, 4.69) is 5.32 Å². The van der Waals surface area contributed by atoms with Crippen LogP contribution in [-0.4, -0.2) is 23.2 Å². The van der Waals surface area contributed by atoms with Crippen LogP contribution in [0.1, 0.15) is 29.0 Å². The molecule has 2 aromatic rings. The zero-order valence-corrected chi connectivity index (χ0v) is 15.0. The fourth-order valence-corrected chi connectivity index (χ4v) is 4.18. The Bertz CT molecular complexity index is 777. The number of thioether (sulfide) groups is 1. The van der Waals surface area contributed by atoms with E-state index < -0.39 is 11.7 Å². The number of alkyl halides is 3. The highest BCUT2D eigenvalue weighted by Crippen LogP contribution is 2.39. The van der Waals surface area contributed by atoms with Crippen molar-refractivity contribution in [3.05, 3.63) is 65.2 Å². The van der Waals surface area contributed by atoms with Gasteiger partial charge in [0.2, 0.25) is 0 Å². The van der Waals surface area contributed by atoms with E-state index in [9.17, 15) is 18.0 Å². The highest BCUT2D eigenvalue weighted by molar-refractivity contribution is 7.99. The number of halogens is 3. The lowest BCUT2D eigenvalue weighted by atomic mass is 10.1. The predicted octanol–water partition coefficient (Wildman–Crippen LogP) is 5.55. The SMILES string of the molecule is CCc1ccccc1NC(=O)N1CCS[C@@H]1c1ccc(C(F)(F)F)cc1. The lowest BCUT2D eigenvalue weighted by molar-refractivity contribution is -0.137. The van der Waals surface area contributed by atoms with Crippen LogP contribution in [0.2, 0.25) is 0 Å². The second kappa shape index (κ2) is 7.61. The first-order chi connectivity index (χ1) is 12.4. The molecule has 0 bridgehead atoms. The standard InChI is InChI=1S/C19H19F3N2OS/c1-2-13-5-3-4-6-16(13)23-18(25)24-11-12-26-17(24)14-7-9-15(10-8-14)19(20,21)22/h3-10,17H,2,11-12H2,1H3,(H,23,25)/t17-/m1/s1. The van der Waals surface area contributed by atoms with Gasteiger partial charge < -0.3 is 10.2 Å². The number of rotatable bonds is 3. The fourth-order valence-electron chi connectivity index (χ4n) is 2.93. The number of amides is 2. The van der Waals surface area contributed by atoms with Gasteiger partial charge in [-0.2, -0.15) is 13.2 Å². The number of aryl methyl sites for hydroxylation is 1. The van der Waals surface area contributed by atoms with Crippen LogP contribution in [0.3, 0.4) is 0 Å². The van der Waals surface area contributed by atoms with Crippen LogP contribution in [-0.2, 0) is 12.6 Å². The van der Waals surface area contributed by atoms with Crippen molar-refractivity contribution in [2.24, 2.45) is 0 Å². The summed E-state index contributed by atoms with van der Waals surface area (Å²) >= 11 is 1.55. The molecule has 1 aliphatic rings. The van der Waals surface area contributed by atoms with Crippen molar-refractivity contribution in [2.45, 2.75) is 24.9 Å². The van der Waals surface area contributed by atoms with Gasteiger partial charge >= 0.3 is 12.2 Å². The largest absolute Gasteiger partial charge is 0.416 e. The number of para-hydroxylation sites is 1. The second-order valence-corrected chi connectivity index (χ2v) is 7.17.